The summed E-state index contributed by atoms with van der Waals surface area (Å²) in [5.74, 6) is 1.67. The van der Waals surface area contributed by atoms with Crippen molar-refractivity contribution in [1.82, 2.24) is 4.90 Å². The maximum atomic E-state index is 5.35. The van der Waals surface area contributed by atoms with E-state index in [1.54, 1.807) is 11.1 Å². The Hall–Kier alpha value is -2.04. The zero-order valence-electron chi connectivity index (χ0n) is 15.2. The van der Waals surface area contributed by atoms with Gasteiger partial charge < -0.3 is 9.79 Å². The highest BCUT2D eigenvalue weighted by molar-refractivity contribution is 5.60. The Morgan fingerprint density at radius 2 is 1.85 bits per heavy atom. The third kappa shape index (κ3) is 2.97. The Bertz CT molecular complexity index is 783. The van der Waals surface area contributed by atoms with Crippen LogP contribution in [0.3, 0.4) is 0 Å². The van der Waals surface area contributed by atoms with E-state index in [1.165, 1.54) is 30.6 Å². The molecule has 5 rings (SSSR count). The Balaban J connectivity index is 1.16. The lowest BCUT2D eigenvalue weighted by molar-refractivity contribution is -0.215. The standard InChI is InChI=1S/C22H26N2O2/c1-2-5-19-17(4-1)16-18(19)8-10-23-11-13-24(14-12-23)21-6-3-7-22-20(21)9-15-25-26-22/h1-7,18H,8-16H2. The van der Waals surface area contributed by atoms with Crippen LogP contribution in [-0.4, -0.2) is 44.2 Å². The smallest absolute Gasteiger partial charge is 0.170 e. The molecule has 26 heavy (non-hydrogen) atoms. The summed E-state index contributed by atoms with van der Waals surface area (Å²) in [5.41, 5.74) is 5.78. The predicted molar refractivity (Wildman–Crippen MR) is 103 cm³/mol. The molecule has 4 heteroatoms. The molecule has 0 N–H and O–H groups in total. The van der Waals surface area contributed by atoms with Crippen LogP contribution in [0.15, 0.2) is 42.5 Å². The lowest BCUT2D eigenvalue weighted by Gasteiger charge is -2.39. The van der Waals surface area contributed by atoms with E-state index in [0.717, 1.165) is 44.3 Å². The number of benzene rings is 2. The monoisotopic (exact) mass is 350 g/mol. The minimum absolute atomic E-state index is 0.646. The first kappa shape index (κ1) is 16.2. The average Bonchev–Trinajstić information content (AvgIpc) is 2.69. The predicted octanol–water partition coefficient (Wildman–Crippen LogP) is 3.41. The molecule has 1 atom stereocenters. The van der Waals surface area contributed by atoms with Gasteiger partial charge in [0.05, 0.1) is 6.61 Å². The van der Waals surface area contributed by atoms with Crippen molar-refractivity contribution in [2.75, 3.05) is 44.2 Å². The topological polar surface area (TPSA) is 24.9 Å². The molecule has 1 unspecified atom stereocenters. The van der Waals surface area contributed by atoms with Gasteiger partial charge in [-0.1, -0.05) is 30.3 Å². The summed E-state index contributed by atoms with van der Waals surface area (Å²) in [6.45, 7) is 6.35. The van der Waals surface area contributed by atoms with Crippen LogP contribution in [0.5, 0.6) is 5.75 Å². The molecule has 0 radical (unpaired) electrons. The second-order valence-corrected chi connectivity index (χ2v) is 7.63. The van der Waals surface area contributed by atoms with Crippen LogP contribution in [0.4, 0.5) is 5.69 Å². The average molecular weight is 350 g/mol. The molecule has 2 aliphatic heterocycles. The molecule has 0 bridgehead atoms. The third-order valence-corrected chi connectivity index (χ3v) is 6.16. The van der Waals surface area contributed by atoms with Crippen molar-refractivity contribution in [3.8, 4) is 5.75 Å². The van der Waals surface area contributed by atoms with E-state index in [0.29, 0.717) is 6.61 Å². The van der Waals surface area contributed by atoms with Gasteiger partial charge in [-0.15, -0.1) is 0 Å². The summed E-state index contributed by atoms with van der Waals surface area (Å²) >= 11 is 0. The second kappa shape index (κ2) is 6.93. The molecule has 2 heterocycles. The van der Waals surface area contributed by atoms with Crippen molar-refractivity contribution in [1.29, 1.82) is 0 Å². The molecular formula is C22H26N2O2. The Kier molecular flexibility index (Phi) is 4.31. The number of anilines is 1. The number of rotatable bonds is 4. The summed E-state index contributed by atoms with van der Waals surface area (Å²) in [4.78, 5) is 15.6. The van der Waals surface area contributed by atoms with Crippen LogP contribution in [0, 0.1) is 0 Å². The number of hydrogen-bond donors (Lipinski definition) is 0. The number of fused-ring (bicyclic) bond motifs is 2. The first-order chi connectivity index (χ1) is 12.9. The van der Waals surface area contributed by atoms with E-state index in [2.05, 4.69) is 46.2 Å². The van der Waals surface area contributed by atoms with Gasteiger partial charge in [0, 0.05) is 43.9 Å². The van der Waals surface area contributed by atoms with E-state index in [-0.39, 0.29) is 0 Å². The van der Waals surface area contributed by atoms with Crippen molar-refractivity contribution < 1.29 is 9.78 Å². The molecule has 1 fully saturated rings. The van der Waals surface area contributed by atoms with E-state index in [1.807, 2.05) is 6.07 Å². The maximum Gasteiger partial charge on any atom is 0.170 e. The summed E-state index contributed by atoms with van der Waals surface area (Å²) in [7, 11) is 0. The molecule has 1 saturated heterocycles. The molecule has 2 aromatic carbocycles. The van der Waals surface area contributed by atoms with Crippen LogP contribution in [0.2, 0.25) is 0 Å². The fraction of sp³-hybridized carbons (Fsp3) is 0.455. The number of hydrogen-bond acceptors (Lipinski definition) is 4. The van der Waals surface area contributed by atoms with E-state index < -0.39 is 0 Å². The molecule has 2 aromatic rings. The van der Waals surface area contributed by atoms with E-state index in [4.69, 9.17) is 9.78 Å². The fourth-order valence-corrected chi connectivity index (χ4v) is 4.60. The zero-order chi connectivity index (χ0) is 17.3. The lowest BCUT2D eigenvalue weighted by atomic mass is 9.76. The Morgan fingerprint density at radius 3 is 2.73 bits per heavy atom. The lowest BCUT2D eigenvalue weighted by Crippen LogP contribution is -2.47. The van der Waals surface area contributed by atoms with Gasteiger partial charge in [0.1, 0.15) is 0 Å². The molecule has 1 aliphatic carbocycles. The van der Waals surface area contributed by atoms with Crippen LogP contribution in [0.1, 0.15) is 29.0 Å². The Labute approximate surface area is 155 Å². The second-order valence-electron chi connectivity index (χ2n) is 7.63. The van der Waals surface area contributed by atoms with Crippen LogP contribution in [-0.2, 0) is 17.7 Å². The summed E-state index contributed by atoms with van der Waals surface area (Å²) in [6, 6.07) is 15.2. The molecule has 3 aliphatic rings. The highest BCUT2D eigenvalue weighted by Gasteiger charge is 2.27. The minimum atomic E-state index is 0.646. The minimum Gasteiger partial charge on any atom is -0.369 e. The molecule has 136 valence electrons. The van der Waals surface area contributed by atoms with Crippen molar-refractivity contribution in [3.63, 3.8) is 0 Å². The van der Waals surface area contributed by atoms with E-state index >= 15 is 0 Å². The number of piperazine rings is 1. The summed E-state index contributed by atoms with van der Waals surface area (Å²) < 4.78 is 0. The van der Waals surface area contributed by atoms with Gasteiger partial charge >= 0.3 is 0 Å². The zero-order valence-corrected chi connectivity index (χ0v) is 15.2. The van der Waals surface area contributed by atoms with Gasteiger partial charge in [0.15, 0.2) is 5.75 Å². The van der Waals surface area contributed by atoms with Crippen molar-refractivity contribution >= 4 is 5.69 Å². The normalized spacial score (nSPS) is 22.2. The summed E-state index contributed by atoms with van der Waals surface area (Å²) in [6.07, 6.45) is 3.50. The highest BCUT2D eigenvalue weighted by Crippen LogP contribution is 2.37. The van der Waals surface area contributed by atoms with Gasteiger partial charge in [-0.25, -0.2) is 0 Å². The SMILES string of the molecule is c1ccc2c(c1)CC2CCN1CCN(c2cccc3c2CCOO3)CC1. The quantitative estimate of drug-likeness (QED) is 0.789. The molecule has 0 amide bonds. The molecule has 4 nitrogen and oxygen atoms in total. The van der Waals surface area contributed by atoms with Crippen LogP contribution >= 0.6 is 0 Å². The summed E-state index contributed by atoms with van der Waals surface area (Å²) in [5, 5.41) is 0. The fourth-order valence-electron chi connectivity index (χ4n) is 4.60. The highest BCUT2D eigenvalue weighted by atomic mass is 17.2. The molecule has 0 saturated carbocycles. The van der Waals surface area contributed by atoms with Gasteiger partial charge in [0.2, 0.25) is 0 Å². The van der Waals surface area contributed by atoms with Crippen molar-refractivity contribution in [2.45, 2.75) is 25.2 Å². The van der Waals surface area contributed by atoms with Crippen molar-refractivity contribution in [3.05, 3.63) is 59.2 Å². The van der Waals surface area contributed by atoms with E-state index in [9.17, 15) is 0 Å². The molecule has 0 aromatic heterocycles. The largest absolute Gasteiger partial charge is 0.369 e. The van der Waals surface area contributed by atoms with Gasteiger partial charge in [0.25, 0.3) is 0 Å². The maximum absolute atomic E-state index is 5.35. The van der Waals surface area contributed by atoms with Crippen LogP contribution < -0.4 is 9.79 Å². The van der Waals surface area contributed by atoms with Gasteiger partial charge in [-0.05, 0) is 48.6 Å². The van der Waals surface area contributed by atoms with Gasteiger partial charge in [-0.3, -0.25) is 4.90 Å². The third-order valence-electron chi connectivity index (χ3n) is 6.16. The van der Waals surface area contributed by atoms with Crippen LogP contribution in [0.25, 0.3) is 0 Å². The molecule has 0 spiro atoms. The number of nitrogens with zero attached hydrogens (tertiary/aromatic N) is 2. The van der Waals surface area contributed by atoms with Crippen molar-refractivity contribution in [2.24, 2.45) is 0 Å². The first-order valence-electron chi connectivity index (χ1n) is 9.85. The van der Waals surface area contributed by atoms with Gasteiger partial charge in [-0.2, -0.15) is 4.89 Å². The first-order valence-corrected chi connectivity index (χ1v) is 9.85. The molecular weight excluding hydrogens is 324 g/mol. The Morgan fingerprint density at radius 1 is 0.962 bits per heavy atom.